The summed E-state index contributed by atoms with van der Waals surface area (Å²) in [6.45, 7) is 4.27. The maximum absolute atomic E-state index is 6.11. The highest BCUT2D eigenvalue weighted by Gasteiger charge is 2.13. The molecule has 0 aliphatic rings. The SMILES string of the molecule is CNC(Cc1cc(C)ccc1C)c1ccc(Cl)c(Cl)c1. The van der Waals surface area contributed by atoms with E-state index in [2.05, 4.69) is 37.4 Å². The Morgan fingerprint density at radius 2 is 1.75 bits per heavy atom. The summed E-state index contributed by atoms with van der Waals surface area (Å²) in [4.78, 5) is 0. The molecule has 2 aromatic rings. The normalized spacial score (nSPS) is 12.4. The number of aryl methyl sites for hydroxylation is 2. The largest absolute Gasteiger partial charge is 0.313 e. The molecule has 0 aromatic heterocycles. The lowest BCUT2D eigenvalue weighted by Crippen LogP contribution is -2.19. The average Bonchev–Trinajstić information content (AvgIpc) is 2.43. The lowest BCUT2D eigenvalue weighted by molar-refractivity contribution is 0.590. The van der Waals surface area contributed by atoms with Crippen LogP contribution in [-0.2, 0) is 6.42 Å². The Balaban J connectivity index is 2.28. The molecule has 0 bridgehead atoms. The number of nitrogens with one attached hydrogen (secondary N) is 1. The molecule has 2 aromatic carbocycles. The summed E-state index contributed by atoms with van der Waals surface area (Å²) < 4.78 is 0. The molecule has 1 N–H and O–H groups in total. The van der Waals surface area contributed by atoms with Gasteiger partial charge in [0.05, 0.1) is 10.0 Å². The fourth-order valence-electron chi connectivity index (χ4n) is 2.36. The molecular weight excluding hydrogens is 289 g/mol. The van der Waals surface area contributed by atoms with Gasteiger partial charge >= 0.3 is 0 Å². The van der Waals surface area contributed by atoms with Crippen LogP contribution in [0.1, 0.15) is 28.3 Å². The molecule has 0 amide bonds. The molecule has 0 radical (unpaired) electrons. The predicted octanol–water partition coefficient (Wildman–Crippen LogP) is 5.11. The number of benzene rings is 2. The lowest BCUT2D eigenvalue weighted by atomic mass is 9.95. The van der Waals surface area contributed by atoms with Gasteiger partial charge in [-0.1, -0.05) is 53.0 Å². The van der Waals surface area contributed by atoms with Gasteiger partial charge in [-0.2, -0.15) is 0 Å². The van der Waals surface area contributed by atoms with Crippen molar-refractivity contribution >= 4 is 23.2 Å². The van der Waals surface area contributed by atoms with Crippen molar-refractivity contribution in [3.63, 3.8) is 0 Å². The van der Waals surface area contributed by atoms with Crippen molar-refractivity contribution < 1.29 is 0 Å². The van der Waals surface area contributed by atoms with Gasteiger partial charge in [0.1, 0.15) is 0 Å². The van der Waals surface area contributed by atoms with Gasteiger partial charge in [0.25, 0.3) is 0 Å². The van der Waals surface area contributed by atoms with Crippen LogP contribution < -0.4 is 5.32 Å². The van der Waals surface area contributed by atoms with Crippen molar-refractivity contribution in [3.8, 4) is 0 Å². The van der Waals surface area contributed by atoms with E-state index in [9.17, 15) is 0 Å². The van der Waals surface area contributed by atoms with Crippen molar-refractivity contribution in [3.05, 3.63) is 68.7 Å². The zero-order valence-electron chi connectivity index (χ0n) is 12.0. The van der Waals surface area contributed by atoms with Gasteiger partial charge in [0.2, 0.25) is 0 Å². The van der Waals surface area contributed by atoms with Crippen LogP contribution in [0, 0.1) is 13.8 Å². The van der Waals surface area contributed by atoms with E-state index >= 15 is 0 Å². The molecule has 0 heterocycles. The Hall–Kier alpha value is -1.02. The van der Waals surface area contributed by atoms with E-state index in [4.69, 9.17) is 23.2 Å². The monoisotopic (exact) mass is 307 g/mol. The van der Waals surface area contributed by atoms with E-state index in [-0.39, 0.29) is 6.04 Å². The second-order valence-corrected chi connectivity index (χ2v) is 5.96. The fraction of sp³-hybridized carbons (Fsp3) is 0.294. The minimum absolute atomic E-state index is 0.227. The molecule has 1 unspecified atom stereocenters. The minimum atomic E-state index is 0.227. The fourth-order valence-corrected chi connectivity index (χ4v) is 2.66. The third kappa shape index (κ3) is 3.54. The van der Waals surface area contributed by atoms with Gasteiger partial charge in [-0.25, -0.2) is 0 Å². The first-order valence-corrected chi connectivity index (χ1v) is 7.45. The predicted molar refractivity (Wildman–Crippen MR) is 87.9 cm³/mol. The van der Waals surface area contributed by atoms with E-state index in [1.54, 1.807) is 0 Å². The molecule has 2 rings (SSSR count). The number of rotatable bonds is 4. The Kier molecular flexibility index (Phi) is 5.09. The first-order valence-electron chi connectivity index (χ1n) is 6.69. The van der Waals surface area contributed by atoms with Crippen LogP contribution in [0.25, 0.3) is 0 Å². The van der Waals surface area contributed by atoms with E-state index in [1.165, 1.54) is 16.7 Å². The highest BCUT2D eigenvalue weighted by molar-refractivity contribution is 6.42. The van der Waals surface area contributed by atoms with E-state index < -0.39 is 0 Å². The van der Waals surface area contributed by atoms with Crippen molar-refractivity contribution in [1.29, 1.82) is 0 Å². The lowest BCUT2D eigenvalue weighted by Gasteiger charge is -2.19. The highest BCUT2D eigenvalue weighted by Crippen LogP contribution is 2.27. The zero-order chi connectivity index (χ0) is 14.7. The maximum Gasteiger partial charge on any atom is 0.0595 e. The first kappa shape index (κ1) is 15.4. The van der Waals surface area contributed by atoms with Gasteiger partial charge in [-0.15, -0.1) is 0 Å². The number of hydrogen-bond donors (Lipinski definition) is 1. The van der Waals surface area contributed by atoms with Gasteiger partial charge in [0, 0.05) is 6.04 Å². The second kappa shape index (κ2) is 6.62. The molecule has 0 fully saturated rings. The van der Waals surface area contributed by atoms with Crippen molar-refractivity contribution in [2.75, 3.05) is 7.05 Å². The zero-order valence-corrected chi connectivity index (χ0v) is 13.5. The van der Waals surface area contributed by atoms with Crippen LogP contribution >= 0.6 is 23.2 Å². The molecule has 0 saturated heterocycles. The third-order valence-electron chi connectivity index (χ3n) is 3.62. The second-order valence-electron chi connectivity index (χ2n) is 5.15. The molecule has 0 saturated carbocycles. The maximum atomic E-state index is 6.11. The summed E-state index contributed by atoms with van der Waals surface area (Å²) in [5.41, 5.74) is 5.11. The topological polar surface area (TPSA) is 12.0 Å². The molecule has 0 spiro atoms. The van der Waals surface area contributed by atoms with Crippen LogP contribution in [-0.4, -0.2) is 7.05 Å². The van der Waals surface area contributed by atoms with Crippen LogP contribution in [0.15, 0.2) is 36.4 Å². The van der Waals surface area contributed by atoms with Gasteiger partial charge in [-0.3, -0.25) is 0 Å². The van der Waals surface area contributed by atoms with Crippen molar-refractivity contribution in [2.24, 2.45) is 0 Å². The van der Waals surface area contributed by atoms with E-state index in [1.807, 2.05) is 25.2 Å². The number of hydrogen-bond acceptors (Lipinski definition) is 1. The Morgan fingerprint density at radius 3 is 2.40 bits per heavy atom. The summed E-state index contributed by atoms with van der Waals surface area (Å²) >= 11 is 12.1. The van der Waals surface area contributed by atoms with Crippen LogP contribution in [0.3, 0.4) is 0 Å². The number of likely N-dealkylation sites (N-methyl/N-ethyl adjacent to an activating group) is 1. The summed E-state index contributed by atoms with van der Waals surface area (Å²) in [5, 5.41) is 4.56. The van der Waals surface area contributed by atoms with E-state index in [0.29, 0.717) is 10.0 Å². The highest BCUT2D eigenvalue weighted by atomic mass is 35.5. The summed E-state index contributed by atoms with van der Waals surface area (Å²) in [7, 11) is 1.97. The smallest absolute Gasteiger partial charge is 0.0595 e. The van der Waals surface area contributed by atoms with Crippen molar-refractivity contribution in [1.82, 2.24) is 5.32 Å². The van der Waals surface area contributed by atoms with Crippen LogP contribution in [0.4, 0.5) is 0 Å². The number of halogens is 2. The Morgan fingerprint density at radius 1 is 1.00 bits per heavy atom. The quantitative estimate of drug-likeness (QED) is 0.827. The van der Waals surface area contributed by atoms with Crippen LogP contribution in [0.2, 0.25) is 10.0 Å². The Bertz CT molecular complexity index is 608. The van der Waals surface area contributed by atoms with Gasteiger partial charge in [-0.05, 0) is 56.1 Å². The summed E-state index contributed by atoms with van der Waals surface area (Å²) in [6, 6.07) is 12.6. The Labute approximate surface area is 130 Å². The molecule has 0 aliphatic heterocycles. The molecule has 20 heavy (non-hydrogen) atoms. The van der Waals surface area contributed by atoms with Crippen LogP contribution in [0.5, 0.6) is 0 Å². The standard InChI is InChI=1S/C17H19Cl2N/c1-11-4-5-12(2)14(8-11)10-17(20-3)13-6-7-15(18)16(19)9-13/h4-9,17,20H,10H2,1-3H3. The molecule has 0 aliphatic carbocycles. The average molecular weight is 308 g/mol. The molecule has 106 valence electrons. The third-order valence-corrected chi connectivity index (χ3v) is 4.36. The summed E-state index contributed by atoms with van der Waals surface area (Å²) in [5.74, 6) is 0. The van der Waals surface area contributed by atoms with Crippen molar-refractivity contribution in [2.45, 2.75) is 26.3 Å². The first-order chi connectivity index (χ1) is 9.51. The molecule has 1 atom stereocenters. The summed E-state index contributed by atoms with van der Waals surface area (Å²) in [6.07, 6.45) is 0.933. The van der Waals surface area contributed by atoms with Gasteiger partial charge < -0.3 is 5.32 Å². The molecule has 3 heteroatoms. The van der Waals surface area contributed by atoms with Gasteiger partial charge in [0.15, 0.2) is 0 Å². The molecule has 1 nitrogen and oxygen atoms in total. The van der Waals surface area contributed by atoms with E-state index in [0.717, 1.165) is 12.0 Å². The molecular formula is C17H19Cl2N. The minimum Gasteiger partial charge on any atom is -0.313 e.